The van der Waals surface area contributed by atoms with Crippen LogP contribution in [0.4, 0.5) is 13.2 Å². The second-order valence-corrected chi connectivity index (χ2v) is 2.95. The zero-order valence-corrected chi connectivity index (χ0v) is 9.17. The molecule has 0 heterocycles. The largest absolute Gasteiger partial charge is 0.386 e. The Labute approximate surface area is 84.9 Å². The third-order valence-corrected chi connectivity index (χ3v) is 1.21. The van der Waals surface area contributed by atoms with E-state index in [-0.39, 0.29) is 6.92 Å². The van der Waals surface area contributed by atoms with Crippen LogP contribution in [-0.2, 0) is 0 Å². The highest BCUT2D eigenvalue weighted by atomic mass is 19.4. The fourth-order valence-electron chi connectivity index (χ4n) is 0.677. The summed E-state index contributed by atoms with van der Waals surface area (Å²) in [5, 5.41) is 0. The highest BCUT2D eigenvalue weighted by Crippen LogP contribution is 2.10. The summed E-state index contributed by atoms with van der Waals surface area (Å²) in [6, 6.07) is 0. The van der Waals surface area contributed by atoms with E-state index in [1.54, 1.807) is 0 Å². The zero-order chi connectivity index (χ0) is 11.4. The second kappa shape index (κ2) is 10.4. The molecule has 0 fully saturated rings. The Morgan fingerprint density at radius 3 is 1.86 bits per heavy atom. The first-order valence-electron chi connectivity index (χ1n) is 4.94. The van der Waals surface area contributed by atoms with Crippen LogP contribution >= 0.6 is 0 Å². The van der Waals surface area contributed by atoms with E-state index in [1.165, 1.54) is 19.3 Å². The van der Waals surface area contributed by atoms with E-state index < -0.39 is 6.18 Å². The van der Waals surface area contributed by atoms with Gasteiger partial charge in [-0.1, -0.05) is 26.7 Å². The van der Waals surface area contributed by atoms with Crippen molar-refractivity contribution in [2.75, 3.05) is 0 Å². The van der Waals surface area contributed by atoms with Crippen molar-refractivity contribution in [1.29, 1.82) is 0 Å². The van der Waals surface area contributed by atoms with Gasteiger partial charge in [-0.3, -0.25) is 0 Å². The van der Waals surface area contributed by atoms with Crippen molar-refractivity contribution in [1.82, 2.24) is 0 Å². The highest BCUT2D eigenvalue weighted by molar-refractivity contribution is 4.97. The van der Waals surface area contributed by atoms with Crippen LogP contribution in [0.2, 0.25) is 0 Å². The predicted molar refractivity (Wildman–Crippen MR) is 53.9 cm³/mol. The standard InChI is InChI=1S/C9H16.C2H3F3/c1-3-5-7-9-8-6-4-2;1-2(3,4)5/h3-5,7,9H2,1-2H3;1H3. The molecule has 0 aliphatic carbocycles. The molecule has 0 spiro atoms. The van der Waals surface area contributed by atoms with E-state index in [1.807, 2.05) is 0 Å². The van der Waals surface area contributed by atoms with E-state index in [2.05, 4.69) is 25.7 Å². The van der Waals surface area contributed by atoms with Gasteiger partial charge in [-0.2, -0.15) is 13.2 Å². The van der Waals surface area contributed by atoms with Gasteiger partial charge in [-0.25, -0.2) is 0 Å². The monoisotopic (exact) mass is 208 g/mol. The first-order valence-corrected chi connectivity index (χ1v) is 4.94. The average molecular weight is 208 g/mol. The van der Waals surface area contributed by atoms with Crippen molar-refractivity contribution < 1.29 is 13.2 Å². The van der Waals surface area contributed by atoms with Gasteiger partial charge in [0.05, 0.1) is 0 Å². The molecule has 0 saturated carbocycles. The fraction of sp³-hybridized carbons (Fsp3) is 0.818. The summed E-state index contributed by atoms with van der Waals surface area (Å²) < 4.78 is 31.1. The van der Waals surface area contributed by atoms with Crippen LogP contribution in [0.25, 0.3) is 0 Å². The SMILES string of the molecule is CC(F)(F)F.CCC#CCCCCC. The fourth-order valence-corrected chi connectivity index (χ4v) is 0.677. The molecule has 0 bridgehead atoms. The van der Waals surface area contributed by atoms with Gasteiger partial charge in [0, 0.05) is 19.8 Å². The summed E-state index contributed by atoms with van der Waals surface area (Å²) >= 11 is 0. The van der Waals surface area contributed by atoms with Gasteiger partial charge in [-0.05, 0) is 6.42 Å². The van der Waals surface area contributed by atoms with Crippen molar-refractivity contribution in [3.63, 3.8) is 0 Å². The van der Waals surface area contributed by atoms with Crippen molar-refractivity contribution in [3.8, 4) is 11.8 Å². The lowest BCUT2D eigenvalue weighted by Crippen LogP contribution is -1.95. The van der Waals surface area contributed by atoms with Crippen LogP contribution in [0.5, 0.6) is 0 Å². The first kappa shape index (κ1) is 15.8. The number of hydrogen-bond donors (Lipinski definition) is 0. The molecule has 0 aromatic rings. The molecule has 14 heavy (non-hydrogen) atoms. The lowest BCUT2D eigenvalue weighted by atomic mass is 10.2. The molecule has 0 aliphatic heterocycles. The minimum Gasteiger partial charge on any atom is -0.172 e. The summed E-state index contributed by atoms with van der Waals surface area (Å²) in [4.78, 5) is 0. The van der Waals surface area contributed by atoms with Crippen molar-refractivity contribution >= 4 is 0 Å². The summed E-state index contributed by atoms with van der Waals surface area (Å²) in [5.41, 5.74) is 0. The normalized spacial score (nSPS) is 9.57. The van der Waals surface area contributed by atoms with Crippen molar-refractivity contribution in [2.24, 2.45) is 0 Å². The Morgan fingerprint density at radius 2 is 1.50 bits per heavy atom. The molecule has 84 valence electrons. The molecule has 3 heteroatoms. The van der Waals surface area contributed by atoms with Gasteiger partial charge in [0.2, 0.25) is 0 Å². The maximum atomic E-state index is 10.4. The summed E-state index contributed by atoms with van der Waals surface area (Å²) in [6.07, 6.45) is 2.02. The van der Waals surface area contributed by atoms with E-state index in [0.29, 0.717) is 0 Å². The minimum absolute atomic E-state index is 0.188. The van der Waals surface area contributed by atoms with Crippen LogP contribution in [0.1, 0.15) is 52.9 Å². The van der Waals surface area contributed by atoms with Gasteiger partial charge in [0.1, 0.15) is 0 Å². The number of rotatable bonds is 3. The van der Waals surface area contributed by atoms with E-state index in [9.17, 15) is 13.2 Å². The number of halogens is 3. The number of hydrogen-bond acceptors (Lipinski definition) is 0. The first-order chi connectivity index (χ1) is 6.41. The Morgan fingerprint density at radius 1 is 1.00 bits per heavy atom. The quantitative estimate of drug-likeness (QED) is 0.471. The molecule has 0 N–H and O–H groups in total. The van der Waals surface area contributed by atoms with Gasteiger partial charge in [-0.15, -0.1) is 11.8 Å². The maximum absolute atomic E-state index is 10.4. The molecular formula is C11H19F3. The molecular weight excluding hydrogens is 189 g/mol. The lowest BCUT2D eigenvalue weighted by molar-refractivity contribution is -0.110. The Balaban J connectivity index is 0. The molecule has 0 amide bonds. The molecule has 0 aliphatic rings. The summed E-state index contributed by atoms with van der Waals surface area (Å²) in [7, 11) is 0. The Kier molecular flexibility index (Phi) is 11.8. The average Bonchev–Trinajstić information content (AvgIpc) is 2.01. The summed E-state index contributed by atoms with van der Waals surface area (Å²) in [6.45, 7) is 4.49. The van der Waals surface area contributed by atoms with Crippen molar-refractivity contribution in [2.45, 2.75) is 59.1 Å². The molecule has 0 aromatic carbocycles. The molecule has 0 nitrogen and oxygen atoms in total. The third kappa shape index (κ3) is 42.5. The van der Waals surface area contributed by atoms with Crippen LogP contribution in [-0.4, -0.2) is 6.18 Å². The van der Waals surface area contributed by atoms with Crippen LogP contribution < -0.4 is 0 Å². The van der Waals surface area contributed by atoms with E-state index in [0.717, 1.165) is 12.8 Å². The number of unbranched alkanes of at least 4 members (excludes halogenated alkanes) is 3. The number of alkyl halides is 3. The van der Waals surface area contributed by atoms with Crippen LogP contribution in [0.15, 0.2) is 0 Å². The topological polar surface area (TPSA) is 0 Å². The second-order valence-electron chi connectivity index (χ2n) is 2.95. The molecule has 0 rings (SSSR count). The Bertz CT molecular complexity index is 154. The van der Waals surface area contributed by atoms with Gasteiger partial charge >= 0.3 is 6.18 Å². The van der Waals surface area contributed by atoms with E-state index in [4.69, 9.17) is 0 Å². The maximum Gasteiger partial charge on any atom is 0.386 e. The minimum atomic E-state index is -4.00. The molecule has 0 atom stereocenters. The van der Waals surface area contributed by atoms with Gasteiger partial charge < -0.3 is 0 Å². The summed E-state index contributed by atoms with van der Waals surface area (Å²) in [5.74, 6) is 6.18. The molecule has 0 aromatic heterocycles. The highest BCUT2D eigenvalue weighted by Gasteiger charge is 2.15. The van der Waals surface area contributed by atoms with Gasteiger partial charge in [0.15, 0.2) is 0 Å². The van der Waals surface area contributed by atoms with Gasteiger partial charge in [0.25, 0.3) is 0 Å². The van der Waals surface area contributed by atoms with Crippen molar-refractivity contribution in [3.05, 3.63) is 0 Å². The van der Waals surface area contributed by atoms with Crippen LogP contribution in [0.3, 0.4) is 0 Å². The van der Waals surface area contributed by atoms with E-state index >= 15 is 0 Å². The Hall–Kier alpha value is -0.650. The zero-order valence-electron chi connectivity index (χ0n) is 9.17. The lowest BCUT2D eigenvalue weighted by Gasteiger charge is -1.88. The molecule has 0 unspecified atom stereocenters. The van der Waals surface area contributed by atoms with Crippen LogP contribution in [0, 0.1) is 11.8 Å². The molecule has 0 saturated heterocycles. The molecule has 0 radical (unpaired) electrons. The predicted octanol–water partition coefficient (Wildman–Crippen LogP) is 4.55. The smallest absolute Gasteiger partial charge is 0.172 e. The third-order valence-electron chi connectivity index (χ3n) is 1.21.